The second-order valence-corrected chi connectivity index (χ2v) is 3.93. The van der Waals surface area contributed by atoms with Crippen molar-refractivity contribution in [2.75, 3.05) is 18.2 Å². The highest BCUT2D eigenvalue weighted by atomic mass is 16.5. The van der Waals surface area contributed by atoms with Gasteiger partial charge in [-0.3, -0.25) is 4.79 Å². The maximum Gasteiger partial charge on any atom is 0.259 e. The van der Waals surface area contributed by atoms with Crippen LogP contribution in [0, 0.1) is 0 Å². The van der Waals surface area contributed by atoms with Gasteiger partial charge < -0.3 is 20.9 Å². The van der Waals surface area contributed by atoms with Gasteiger partial charge in [-0.05, 0) is 24.3 Å². The van der Waals surface area contributed by atoms with Gasteiger partial charge in [0.15, 0.2) is 0 Å². The zero-order valence-electron chi connectivity index (χ0n) is 10.4. The first-order valence-electron chi connectivity index (χ1n) is 5.64. The number of nitrogen functional groups attached to an aromatic ring is 1. The third-order valence-electron chi connectivity index (χ3n) is 2.62. The Bertz CT molecular complexity index is 611. The number of anilines is 2. The van der Waals surface area contributed by atoms with Crippen LogP contribution in [0.4, 0.5) is 11.4 Å². The van der Waals surface area contributed by atoms with Crippen molar-refractivity contribution in [1.29, 1.82) is 0 Å². The van der Waals surface area contributed by atoms with Crippen LogP contribution in [0.15, 0.2) is 42.5 Å². The first-order valence-corrected chi connectivity index (χ1v) is 5.64. The van der Waals surface area contributed by atoms with Crippen molar-refractivity contribution in [2.24, 2.45) is 0 Å². The fourth-order valence-electron chi connectivity index (χ4n) is 1.66. The lowest BCUT2D eigenvalue weighted by molar-refractivity contribution is 0.102. The Morgan fingerprint density at radius 2 is 2.00 bits per heavy atom. The van der Waals surface area contributed by atoms with Crippen molar-refractivity contribution < 1.29 is 14.6 Å². The normalized spacial score (nSPS) is 9.95. The smallest absolute Gasteiger partial charge is 0.259 e. The summed E-state index contributed by atoms with van der Waals surface area (Å²) in [5.74, 6) is 0.0107. The number of hydrogen-bond donors (Lipinski definition) is 3. The average Bonchev–Trinajstić information content (AvgIpc) is 2.41. The van der Waals surface area contributed by atoms with E-state index in [0.29, 0.717) is 22.7 Å². The monoisotopic (exact) mass is 258 g/mol. The Morgan fingerprint density at radius 1 is 1.26 bits per heavy atom. The Balaban J connectivity index is 2.28. The number of ether oxygens (including phenoxy) is 1. The summed E-state index contributed by atoms with van der Waals surface area (Å²) < 4.78 is 5.11. The van der Waals surface area contributed by atoms with Crippen LogP contribution in [0.1, 0.15) is 10.4 Å². The summed E-state index contributed by atoms with van der Waals surface area (Å²) in [6, 6.07) is 11.3. The van der Waals surface area contributed by atoms with Crippen LogP contribution in [-0.2, 0) is 0 Å². The fourth-order valence-corrected chi connectivity index (χ4v) is 1.66. The van der Waals surface area contributed by atoms with E-state index in [1.807, 2.05) is 0 Å². The van der Waals surface area contributed by atoms with Crippen molar-refractivity contribution >= 4 is 17.3 Å². The molecule has 0 bridgehead atoms. The van der Waals surface area contributed by atoms with Gasteiger partial charge in [0.05, 0.1) is 18.4 Å². The third-order valence-corrected chi connectivity index (χ3v) is 2.62. The predicted molar refractivity (Wildman–Crippen MR) is 73.5 cm³/mol. The van der Waals surface area contributed by atoms with Crippen LogP contribution in [-0.4, -0.2) is 18.1 Å². The van der Waals surface area contributed by atoms with Gasteiger partial charge in [0.2, 0.25) is 0 Å². The van der Waals surface area contributed by atoms with Crippen molar-refractivity contribution in [3.8, 4) is 11.5 Å². The zero-order valence-corrected chi connectivity index (χ0v) is 10.4. The standard InChI is InChI=1S/C14H14N2O3/c1-19-13-8-9(15)6-7-10(13)14(18)16-11-4-2-3-5-12(11)17/h2-8,17H,15H2,1H3,(H,16,18). The van der Waals surface area contributed by atoms with Crippen LogP contribution in [0.5, 0.6) is 11.5 Å². The number of amides is 1. The van der Waals surface area contributed by atoms with Gasteiger partial charge in [0.1, 0.15) is 11.5 Å². The molecule has 0 aliphatic carbocycles. The molecule has 98 valence electrons. The number of phenols is 1. The molecule has 2 rings (SSSR count). The van der Waals surface area contributed by atoms with Crippen LogP contribution in [0.2, 0.25) is 0 Å². The first kappa shape index (κ1) is 12.8. The van der Waals surface area contributed by atoms with Gasteiger partial charge in [-0.25, -0.2) is 0 Å². The van der Waals surface area contributed by atoms with E-state index < -0.39 is 0 Å². The minimum atomic E-state index is -0.377. The number of benzene rings is 2. The maximum absolute atomic E-state index is 12.1. The molecule has 0 aliphatic rings. The van der Waals surface area contributed by atoms with Crippen LogP contribution >= 0.6 is 0 Å². The van der Waals surface area contributed by atoms with E-state index >= 15 is 0 Å². The number of nitrogens with two attached hydrogens (primary N) is 1. The molecule has 2 aromatic rings. The largest absolute Gasteiger partial charge is 0.506 e. The minimum absolute atomic E-state index is 0.00487. The van der Waals surface area contributed by atoms with Gasteiger partial charge in [-0.15, -0.1) is 0 Å². The Hall–Kier alpha value is -2.69. The molecule has 5 heteroatoms. The fraction of sp³-hybridized carbons (Fsp3) is 0.0714. The van der Waals surface area contributed by atoms with Gasteiger partial charge in [-0.2, -0.15) is 0 Å². The van der Waals surface area contributed by atoms with Gasteiger partial charge in [0.25, 0.3) is 5.91 Å². The lowest BCUT2D eigenvalue weighted by atomic mass is 10.1. The summed E-state index contributed by atoms with van der Waals surface area (Å²) in [5, 5.41) is 12.2. The molecule has 0 saturated heterocycles. The highest BCUT2D eigenvalue weighted by molar-refractivity contribution is 6.07. The van der Waals surface area contributed by atoms with Crippen molar-refractivity contribution in [2.45, 2.75) is 0 Å². The molecule has 2 aromatic carbocycles. The van der Waals surface area contributed by atoms with Crippen LogP contribution in [0.25, 0.3) is 0 Å². The number of methoxy groups -OCH3 is 1. The maximum atomic E-state index is 12.1. The van der Waals surface area contributed by atoms with Crippen molar-refractivity contribution in [3.63, 3.8) is 0 Å². The quantitative estimate of drug-likeness (QED) is 0.582. The van der Waals surface area contributed by atoms with E-state index in [2.05, 4.69) is 5.32 Å². The number of phenolic OH excluding ortho intramolecular Hbond substituents is 1. The zero-order chi connectivity index (χ0) is 13.8. The Morgan fingerprint density at radius 3 is 2.68 bits per heavy atom. The van der Waals surface area contributed by atoms with E-state index in [-0.39, 0.29) is 11.7 Å². The summed E-state index contributed by atoms with van der Waals surface area (Å²) in [6.07, 6.45) is 0. The molecule has 0 saturated carbocycles. The van der Waals surface area contributed by atoms with E-state index in [9.17, 15) is 9.90 Å². The number of carbonyl (C=O) groups is 1. The van der Waals surface area contributed by atoms with Crippen LogP contribution in [0.3, 0.4) is 0 Å². The van der Waals surface area contributed by atoms with Crippen molar-refractivity contribution in [3.05, 3.63) is 48.0 Å². The van der Waals surface area contributed by atoms with E-state index in [0.717, 1.165) is 0 Å². The molecule has 0 heterocycles. The summed E-state index contributed by atoms with van der Waals surface area (Å²) in [4.78, 5) is 12.1. The van der Waals surface area contributed by atoms with Gasteiger partial charge in [0, 0.05) is 11.8 Å². The Labute approximate surface area is 110 Å². The minimum Gasteiger partial charge on any atom is -0.506 e. The molecular formula is C14H14N2O3. The predicted octanol–water partition coefficient (Wildman–Crippen LogP) is 2.24. The molecule has 0 aliphatic heterocycles. The number of rotatable bonds is 3. The number of hydrogen-bond acceptors (Lipinski definition) is 4. The van der Waals surface area contributed by atoms with Gasteiger partial charge >= 0.3 is 0 Å². The molecule has 0 spiro atoms. The summed E-state index contributed by atoms with van der Waals surface area (Å²) in [5.41, 5.74) is 6.82. The molecule has 1 amide bonds. The number of nitrogens with one attached hydrogen (secondary N) is 1. The lowest BCUT2D eigenvalue weighted by Gasteiger charge is -2.10. The molecule has 4 N–H and O–H groups in total. The van der Waals surface area contributed by atoms with E-state index in [4.69, 9.17) is 10.5 Å². The van der Waals surface area contributed by atoms with E-state index in [1.165, 1.54) is 13.2 Å². The number of para-hydroxylation sites is 2. The highest BCUT2D eigenvalue weighted by Gasteiger charge is 2.13. The molecule has 0 fully saturated rings. The SMILES string of the molecule is COc1cc(N)ccc1C(=O)Nc1ccccc1O. The highest BCUT2D eigenvalue weighted by Crippen LogP contribution is 2.25. The van der Waals surface area contributed by atoms with Crippen LogP contribution < -0.4 is 15.8 Å². The van der Waals surface area contributed by atoms with Gasteiger partial charge in [-0.1, -0.05) is 12.1 Å². The molecule has 0 unspecified atom stereocenters. The molecule has 5 nitrogen and oxygen atoms in total. The number of aromatic hydroxyl groups is 1. The topological polar surface area (TPSA) is 84.6 Å². The second kappa shape index (κ2) is 5.30. The van der Waals surface area contributed by atoms with E-state index in [1.54, 1.807) is 36.4 Å². The summed E-state index contributed by atoms with van der Waals surface area (Å²) in [6.45, 7) is 0. The molecule has 0 atom stereocenters. The molecule has 0 aromatic heterocycles. The second-order valence-electron chi connectivity index (χ2n) is 3.93. The summed E-state index contributed by atoms with van der Waals surface area (Å²) >= 11 is 0. The first-order chi connectivity index (χ1) is 9.11. The summed E-state index contributed by atoms with van der Waals surface area (Å²) in [7, 11) is 1.46. The third kappa shape index (κ3) is 2.77. The van der Waals surface area contributed by atoms with Crippen molar-refractivity contribution in [1.82, 2.24) is 0 Å². The lowest BCUT2D eigenvalue weighted by Crippen LogP contribution is -2.13. The molecule has 0 radical (unpaired) electrons. The molecular weight excluding hydrogens is 244 g/mol. The Kier molecular flexibility index (Phi) is 3.56. The average molecular weight is 258 g/mol. The molecule has 19 heavy (non-hydrogen) atoms. The number of carbonyl (C=O) groups excluding carboxylic acids is 1.